The number of halogens is 1. The molecule has 1 heterocycles. The van der Waals surface area contributed by atoms with Crippen LogP contribution in [0.1, 0.15) is 25.0 Å². The zero-order valence-electron chi connectivity index (χ0n) is 13.0. The van der Waals surface area contributed by atoms with Gasteiger partial charge in [-0.05, 0) is 32.9 Å². The molecule has 0 spiro atoms. The Kier molecular flexibility index (Phi) is 4.35. The Morgan fingerprint density at radius 1 is 1.14 bits per heavy atom. The van der Waals surface area contributed by atoms with Crippen molar-refractivity contribution in [2.75, 3.05) is 6.26 Å². The van der Waals surface area contributed by atoms with Crippen LogP contribution >= 0.6 is 0 Å². The number of nitrogens with one attached hydrogen (secondary N) is 1. The van der Waals surface area contributed by atoms with Crippen LogP contribution in [-0.4, -0.2) is 14.7 Å². The summed E-state index contributed by atoms with van der Waals surface area (Å²) in [6, 6.07) is 8.68. The lowest BCUT2D eigenvalue weighted by molar-refractivity contribution is 0.426. The molecule has 0 aliphatic rings. The Morgan fingerprint density at radius 3 is 2.27 bits per heavy atom. The molecular weight excluding hydrogens is 305 g/mol. The summed E-state index contributed by atoms with van der Waals surface area (Å²) < 4.78 is 45.5. The topological polar surface area (TPSA) is 57.5 Å². The van der Waals surface area contributed by atoms with E-state index in [1.807, 2.05) is 19.1 Å². The Labute approximate surface area is 130 Å². The predicted molar refractivity (Wildman–Crippen MR) is 84.3 cm³/mol. The Morgan fingerprint density at radius 2 is 1.73 bits per heavy atom. The first kappa shape index (κ1) is 16.6. The van der Waals surface area contributed by atoms with Crippen molar-refractivity contribution >= 4 is 10.0 Å². The van der Waals surface area contributed by atoms with E-state index in [1.165, 1.54) is 12.3 Å². The normalized spacial score (nSPS) is 12.4. The molecule has 0 aliphatic heterocycles. The predicted octanol–water partition coefficient (Wildman–Crippen LogP) is 3.46. The van der Waals surface area contributed by atoms with Crippen LogP contribution in [0.2, 0.25) is 0 Å². The van der Waals surface area contributed by atoms with Gasteiger partial charge in [-0.1, -0.05) is 17.7 Å². The molecule has 0 bridgehead atoms. The summed E-state index contributed by atoms with van der Waals surface area (Å²) in [5.41, 5.74) is 0.785. The van der Waals surface area contributed by atoms with Crippen LogP contribution < -0.4 is 4.72 Å². The molecular formula is C16H19FNO3S+. The summed E-state index contributed by atoms with van der Waals surface area (Å²) in [4.78, 5) is 0. The highest BCUT2D eigenvalue weighted by Gasteiger charge is 2.33. The van der Waals surface area contributed by atoms with Gasteiger partial charge in [0.15, 0.2) is 0 Å². The van der Waals surface area contributed by atoms with Gasteiger partial charge in [0.2, 0.25) is 15.8 Å². The third-order valence-electron chi connectivity index (χ3n) is 3.28. The van der Waals surface area contributed by atoms with Crippen molar-refractivity contribution < 1.29 is 17.2 Å². The third kappa shape index (κ3) is 3.69. The highest BCUT2D eigenvalue weighted by molar-refractivity contribution is 7.88. The number of hydrogen-bond donors (Lipinski definition) is 1. The summed E-state index contributed by atoms with van der Waals surface area (Å²) >= 11 is 0. The van der Waals surface area contributed by atoms with Gasteiger partial charge in [0, 0.05) is 11.6 Å². The van der Waals surface area contributed by atoms with E-state index in [0.717, 1.165) is 11.8 Å². The molecule has 22 heavy (non-hydrogen) atoms. The van der Waals surface area contributed by atoms with Crippen LogP contribution in [0, 0.1) is 12.7 Å². The molecule has 1 N–H and O–H groups in total. The van der Waals surface area contributed by atoms with Gasteiger partial charge in [0.05, 0.1) is 17.4 Å². The Bertz CT molecular complexity index is 784. The van der Waals surface area contributed by atoms with Crippen molar-refractivity contribution in [3.8, 4) is 11.3 Å². The van der Waals surface area contributed by atoms with Crippen molar-refractivity contribution in [1.29, 1.82) is 0 Å². The maximum absolute atomic E-state index is 14.8. The van der Waals surface area contributed by atoms with Gasteiger partial charge in [0.25, 0.3) is 0 Å². The summed E-state index contributed by atoms with van der Waals surface area (Å²) in [5, 5.41) is 0. The highest BCUT2D eigenvalue weighted by atomic mass is 32.2. The first-order valence-corrected chi connectivity index (χ1v) is 8.66. The van der Waals surface area contributed by atoms with E-state index in [2.05, 4.69) is 4.72 Å². The number of rotatable bonds is 4. The average molecular weight is 324 g/mol. The lowest BCUT2D eigenvalue weighted by atomic mass is 9.94. The van der Waals surface area contributed by atoms with E-state index in [9.17, 15) is 12.8 Å². The van der Waals surface area contributed by atoms with Crippen molar-refractivity contribution in [2.45, 2.75) is 26.3 Å². The van der Waals surface area contributed by atoms with Gasteiger partial charge < -0.3 is 0 Å². The third-order valence-corrected chi connectivity index (χ3v) is 4.17. The molecule has 1 aromatic carbocycles. The van der Waals surface area contributed by atoms with Crippen LogP contribution in [0.4, 0.5) is 4.39 Å². The highest BCUT2D eigenvalue weighted by Crippen LogP contribution is 2.31. The molecule has 0 saturated carbocycles. The van der Waals surface area contributed by atoms with Crippen LogP contribution in [-0.2, 0) is 15.6 Å². The second-order valence-electron chi connectivity index (χ2n) is 5.84. The van der Waals surface area contributed by atoms with Gasteiger partial charge in [-0.2, -0.15) is 4.39 Å². The Balaban J connectivity index is 2.52. The smallest absolute Gasteiger partial charge is 0.213 e. The first-order valence-electron chi connectivity index (χ1n) is 6.77. The minimum absolute atomic E-state index is 0.0841. The Hall–Kier alpha value is -1.79. The van der Waals surface area contributed by atoms with Gasteiger partial charge in [-0.25, -0.2) is 17.6 Å². The molecule has 0 saturated heterocycles. The second-order valence-corrected chi connectivity index (χ2v) is 7.59. The zero-order chi connectivity index (χ0) is 16.5. The summed E-state index contributed by atoms with van der Waals surface area (Å²) in [7, 11) is -3.48. The van der Waals surface area contributed by atoms with E-state index < -0.39 is 21.4 Å². The zero-order valence-corrected chi connectivity index (χ0v) is 13.8. The summed E-state index contributed by atoms with van der Waals surface area (Å²) in [6.07, 6.45) is 2.40. The molecule has 0 radical (unpaired) electrons. The molecule has 0 aliphatic carbocycles. The largest absolute Gasteiger partial charge is 0.395 e. The molecule has 0 amide bonds. The fourth-order valence-corrected chi connectivity index (χ4v) is 3.36. The molecule has 0 fully saturated rings. The van der Waals surface area contributed by atoms with Gasteiger partial charge in [-0.3, -0.25) is 0 Å². The molecule has 0 atom stereocenters. The van der Waals surface area contributed by atoms with Crippen LogP contribution in [0.3, 0.4) is 0 Å². The van der Waals surface area contributed by atoms with Gasteiger partial charge in [0.1, 0.15) is 0 Å². The number of sulfonamides is 1. The quantitative estimate of drug-likeness (QED) is 0.876. The van der Waals surface area contributed by atoms with Gasteiger partial charge >= 0.3 is 12.0 Å². The van der Waals surface area contributed by atoms with Crippen molar-refractivity contribution in [1.82, 2.24) is 4.72 Å². The van der Waals surface area contributed by atoms with Crippen molar-refractivity contribution in [3.05, 3.63) is 53.5 Å². The average Bonchev–Trinajstić information content (AvgIpc) is 2.37. The number of aryl methyl sites for hydroxylation is 1. The molecule has 0 unspecified atom stereocenters. The van der Waals surface area contributed by atoms with Crippen molar-refractivity contribution in [2.24, 2.45) is 0 Å². The lowest BCUT2D eigenvalue weighted by Gasteiger charge is -2.24. The lowest BCUT2D eigenvalue weighted by Crippen LogP contribution is -2.41. The molecule has 4 nitrogen and oxygen atoms in total. The maximum Gasteiger partial charge on any atom is 0.395 e. The van der Waals surface area contributed by atoms with Crippen molar-refractivity contribution in [3.63, 3.8) is 0 Å². The van der Waals surface area contributed by atoms with Crippen LogP contribution in [0.25, 0.3) is 11.3 Å². The molecule has 2 aromatic rings. The minimum atomic E-state index is -3.48. The SMILES string of the molecule is Cc1ccc(-c2[o+]ccc(C(C)(C)NS(C)(=O)=O)c2F)cc1. The summed E-state index contributed by atoms with van der Waals surface area (Å²) in [5.74, 6) is -0.492. The van der Waals surface area contributed by atoms with Gasteiger partial charge in [-0.15, -0.1) is 0 Å². The molecule has 1 aromatic heterocycles. The fraction of sp³-hybridized carbons (Fsp3) is 0.312. The fourth-order valence-electron chi connectivity index (χ4n) is 2.32. The minimum Gasteiger partial charge on any atom is -0.213 e. The standard InChI is InChI=1S/C16H19FNO3S/c1-11-5-7-12(8-6-11)15-14(17)13(9-10-21-15)16(2,3)18-22(4,19)20/h5-10,18H,1-4H3/q+1. The van der Waals surface area contributed by atoms with E-state index in [4.69, 9.17) is 4.42 Å². The monoisotopic (exact) mass is 324 g/mol. The summed E-state index contributed by atoms with van der Waals surface area (Å²) in [6.45, 7) is 5.14. The number of benzene rings is 1. The first-order chi connectivity index (χ1) is 10.1. The van der Waals surface area contributed by atoms with E-state index in [1.54, 1.807) is 26.0 Å². The number of hydrogen-bond acceptors (Lipinski definition) is 2. The molecule has 118 valence electrons. The van der Waals surface area contributed by atoms with Crippen LogP contribution in [0.5, 0.6) is 0 Å². The van der Waals surface area contributed by atoms with E-state index >= 15 is 0 Å². The van der Waals surface area contributed by atoms with Crippen LogP contribution in [0.15, 0.2) is 41.0 Å². The maximum atomic E-state index is 14.8. The van der Waals surface area contributed by atoms with E-state index in [0.29, 0.717) is 5.56 Å². The van der Waals surface area contributed by atoms with E-state index in [-0.39, 0.29) is 11.3 Å². The molecule has 2 rings (SSSR count). The molecule has 6 heteroatoms. The second kappa shape index (κ2) is 5.78.